The summed E-state index contributed by atoms with van der Waals surface area (Å²) in [6.07, 6.45) is 3.26. The van der Waals surface area contributed by atoms with Crippen molar-refractivity contribution in [3.63, 3.8) is 0 Å². The number of furan rings is 1. The average Bonchev–Trinajstić information content (AvgIpc) is 3.19. The SMILES string of the molecule is Cc1ccnn1CCNC(=O)c1cc(-c2ccco2)on1. The van der Waals surface area contributed by atoms with Crippen LogP contribution in [0.2, 0.25) is 0 Å². The number of amides is 1. The van der Waals surface area contributed by atoms with E-state index in [2.05, 4.69) is 15.6 Å². The second kappa shape index (κ2) is 5.66. The molecule has 21 heavy (non-hydrogen) atoms. The Hall–Kier alpha value is -2.83. The minimum atomic E-state index is -0.290. The lowest BCUT2D eigenvalue weighted by atomic mass is 10.3. The van der Waals surface area contributed by atoms with E-state index in [-0.39, 0.29) is 11.6 Å². The molecule has 108 valence electrons. The van der Waals surface area contributed by atoms with Gasteiger partial charge in [0, 0.05) is 24.5 Å². The van der Waals surface area contributed by atoms with Gasteiger partial charge in [-0.3, -0.25) is 9.48 Å². The molecule has 0 saturated carbocycles. The Labute approximate surface area is 120 Å². The second-order valence-corrected chi connectivity index (χ2v) is 4.51. The molecule has 0 bridgehead atoms. The van der Waals surface area contributed by atoms with Gasteiger partial charge in [-0.1, -0.05) is 5.16 Å². The third kappa shape index (κ3) is 2.86. The van der Waals surface area contributed by atoms with E-state index < -0.39 is 0 Å². The van der Waals surface area contributed by atoms with Crippen LogP contribution in [0.3, 0.4) is 0 Å². The Morgan fingerprint density at radius 2 is 2.29 bits per heavy atom. The molecule has 0 unspecified atom stereocenters. The quantitative estimate of drug-likeness (QED) is 0.773. The molecule has 0 saturated heterocycles. The molecule has 0 aromatic carbocycles. The number of aromatic nitrogens is 3. The van der Waals surface area contributed by atoms with Gasteiger partial charge in [0.2, 0.25) is 5.76 Å². The maximum Gasteiger partial charge on any atom is 0.273 e. The van der Waals surface area contributed by atoms with E-state index in [1.165, 1.54) is 6.26 Å². The first-order chi connectivity index (χ1) is 10.2. The summed E-state index contributed by atoms with van der Waals surface area (Å²) in [6.45, 7) is 3.03. The summed E-state index contributed by atoms with van der Waals surface area (Å²) in [5.74, 6) is 0.670. The highest BCUT2D eigenvalue weighted by Gasteiger charge is 2.14. The van der Waals surface area contributed by atoms with Crippen LogP contribution in [-0.4, -0.2) is 27.4 Å². The van der Waals surface area contributed by atoms with Gasteiger partial charge in [-0.15, -0.1) is 0 Å². The molecular weight excluding hydrogens is 272 g/mol. The molecular formula is C14H14N4O3. The lowest BCUT2D eigenvalue weighted by molar-refractivity contribution is 0.0943. The molecule has 0 spiro atoms. The maximum absolute atomic E-state index is 11.9. The van der Waals surface area contributed by atoms with Gasteiger partial charge in [0.1, 0.15) is 0 Å². The van der Waals surface area contributed by atoms with Crippen LogP contribution in [0.5, 0.6) is 0 Å². The van der Waals surface area contributed by atoms with Crippen LogP contribution in [-0.2, 0) is 6.54 Å². The molecule has 0 aliphatic heterocycles. The minimum absolute atomic E-state index is 0.221. The number of carbonyl (C=O) groups excluding carboxylic acids is 1. The summed E-state index contributed by atoms with van der Waals surface area (Å²) in [5, 5.41) is 10.6. The van der Waals surface area contributed by atoms with Crippen molar-refractivity contribution in [3.05, 3.63) is 48.1 Å². The minimum Gasteiger partial charge on any atom is -0.461 e. The van der Waals surface area contributed by atoms with Crippen LogP contribution in [0.25, 0.3) is 11.5 Å². The van der Waals surface area contributed by atoms with Crippen molar-refractivity contribution >= 4 is 5.91 Å². The topological polar surface area (TPSA) is 86.1 Å². The van der Waals surface area contributed by atoms with Crippen molar-refractivity contribution in [2.45, 2.75) is 13.5 Å². The molecule has 0 aliphatic rings. The molecule has 0 fully saturated rings. The van der Waals surface area contributed by atoms with Crippen LogP contribution in [0.15, 0.2) is 45.7 Å². The van der Waals surface area contributed by atoms with E-state index in [0.717, 1.165) is 5.69 Å². The molecule has 3 heterocycles. The lowest BCUT2D eigenvalue weighted by Gasteiger charge is -2.05. The first-order valence-electron chi connectivity index (χ1n) is 6.51. The zero-order chi connectivity index (χ0) is 14.7. The predicted molar refractivity (Wildman–Crippen MR) is 73.5 cm³/mol. The number of aryl methyl sites for hydroxylation is 1. The van der Waals surface area contributed by atoms with Gasteiger partial charge in [0.25, 0.3) is 5.91 Å². The van der Waals surface area contributed by atoms with Crippen LogP contribution in [0, 0.1) is 6.92 Å². The van der Waals surface area contributed by atoms with Crippen molar-refractivity contribution < 1.29 is 13.7 Å². The highest BCUT2D eigenvalue weighted by molar-refractivity contribution is 5.92. The fourth-order valence-corrected chi connectivity index (χ4v) is 1.92. The van der Waals surface area contributed by atoms with Crippen LogP contribution < -0.4 is 5.32 Å². The van der Waals surface area contributed by atoms with Gasteiger partial charge >= 0.3 is 0 Å². The van der Waals surface area contributed by atoms with E-state index in [1.807, 2.05) is 17.7 Å². The number of carbonyl (C=O) groups is 1. The molecule has 7 nitrogen and oxygen atoms in total. The molecule has 0 atom stereocenters. The largest absolute Gasteiger partial charge is 0.461 e. The highest BCUT2D eigenvalue weighted by atomic mass is 16.5. The van der Waals surface area contributed by atoms with Gasteiger partial charge < -0.3 is 14.3 Å². The van der Waals surface area contributed by atoms with Crippen molar-refractivity contribution in [2.24, 2.45) is 0 Å². The third-order valence-corrected chi connectivity index (χ3v) is 3.04. The summed E-state index contributed by atoms with van der Waals surface area (Å²) in [6, 6.07) is 6.94. The van der Waals surface area contributed by atoms with Gasteiger partial charge in [-0.05, 0) is 25.1 Å². The van der Waals surface area contributed by atoms with Crippen LogP contribution >= 0.6 is 0 Å². The molecule has 3 aromatic heterocycles. The van der Waals surface area contributed by atoms with E-state index in [4.69, 9.17) is 8.94 Å². The Kier molecular flexibility index (Phi) is 3.55. The van der Waals surface area contributed by atoms with Gasteiger partial charge in [-0.25, -0.2) is 0 Å². The van der Waals surface area contributed by atoms with Crippen molar-refractivity contribution in [1.29, 1.82) is 0 Å². The third-order valence-electron chi connectivity index (χ3n) is 3.04. The average molecular weight is 286 g/mol. The molecule has 0 radical (unpaired) electrons. The van der Waals surface area contributed by atoms with Crippen molar-refractivity contribution in [2.75, 3.05) is 6.54 Å². The normalized spacial score (nSPS) is 10.7. The monoisotopic (exact) mass is 286 g/mol. The first kappa shape index (κ1) is 13.2. The fraction of sp³-hybridized carbons (Fsp3) is 0.214. The van der Waals surface area contributed by atoms with Crippen LogP contribution in [0.4, 0.5) is 0 Å². The number of rotatable bonds is 5. The van der Waals surface area contributed by atoms with Crippen molar-refractivity contribution in [1.82, 2.24) is 20.3 Å². The molecule has 7 heteroatoms. The molecule has 3 rings (SSSR count). The van der Waals surface area contributed by atoms with E-state index in [0.29, 0.717) is 24.6 Å². The summed E-state index contributed by atoms with van der Waals surface area (Å²) in [7, 11) is 0. The molecule has 1 N–H and O–H groups in total. The maximum atomic E-state index is 11.9. The Balaban J connectivity index is 1.57. The number of nitrogens with one attached hydrogen (secondary N) is 1. The Bertz CT molecular complexity index is 727. The number of hydrogen-bond donors (Lipinski definition) is 1. The molecule has 0 aliphatic carbocycles. The Morgan fingerprint density at radius 1 is 1.38 bits per heavy atom. The summed E-state index contributed by atoms with van der Waals surface area (Å²) >= 11 is 0. The van der Waals surface area contributed by atoms with Gasteiger partial charge in [0.15, 0.2) is 11.5 Å². The summed E-state index contributed by atoms with van der Waals surface area (Å²) in [5.41, 5.74) is 1.27. The predicted octanol–water partition coefficient (Wildman–Crippen LogP) is 1.87. The van der Waals surface area contributed by atoms with Gasteiger partial charge in [-0.2, -0.15) is 5.10 Å². The summed E-state index contributed by atoms with van der Waals surface area (Å²) < 4.78 is 12.1. The number of nitrogens with zero attached hydrogens (tertiary/aromatic N) is 3. The first-order valence-corrected chi connectivity index (χ1v) is 6.51. The van der Waals surface area contributed by atoms with Gasteiger partial charge in [0.05, 0.1) is 12.8 Å². The zero-order valence-corrected chi connectivity index (χ0v) is 11.4. The highest BCUT2D eigenvalue weighted by Crippen LogP contribution is 2.20. The fourth-order valence-electron chi connectivity index (χ4n) is 1.92. The van der Waals surface area contributed by atoms with E-state index in [1.54, 1.807) is 24.4 Å². The Morgan fingerprint density at radius 3 is 3.00 bits per heavy atom. The standard InChI is InChI=1S/C14H14N4O3/c1-10-4-5-16-18(10)7-6-15-14(19)11-9-13(21-17-11)12-3-2-8-20-12/h2-5,8-9H,6-7H2,1H3,(H,15,19). The zero-order valence-electron chi connectivity index (χ0n) is 11.4. The lowest BCUT2D eigenvalue weighted by Crippen LogP contribution is -2.27. The number of hydrogen-bond acceptors (Lipinski definition) is 5. The van der Waals surface area contributed by atoms with Crippen molar-refractivity contribution in [3.8, 4) is 11.5 Å². The van der Waals surface area contributed by atoms with E-state index in [9.17, 15) is 4.79 Å². The smallest absolute Gasteiger partial charge is 0.273 e. The summed E-state index contributed by atoms with van der Waals surface area (Å²) in [4.78, 5) is 11.9. The second-order valence-electron chi connectivity index (χ2n) is 4.51. The molecule has 3 aromatic rings. The van der Waals surface area contributed by atoms with E-state index >= 15 is 0 Å². The molecule has 1 amide bonds. The van der Waals surface area contributed by atoms with Crippen LogP contribution in [0.1, 0.15) is 16.2 Å².